The smallest absolute Gasteiger partial charge is 0.339 e. The van der Waals surface area contributed by atoms with Crippen LogP contribution in [0.4, 0.5) is 5.69 Å². The fourth-order valence-electron chi connectivity index (χ4n) is 4.34. The highest BCUT2D eigenvalue weighted by atomic mass is 32.1. The van der Waals surface area contributed by atoms with E-state index in [4.69, 9.17) is 17.0 Å². The minimum Gasteiger partial charge on any atom is -0.465 e. The molecule has 1 aliphatic heterocycles. The molecule has 0 spiro atoms. The van der Waals surface area contributed by atoms with Crippen LogP contribution in [0.15, 0.2) is 97.3 Å². The van der Waals surface area contributed by atoms with Crippen LogP contribution in [0.2, 0.25) is 0 Å². The van der Waals surface area contributed by atoms with E-state index >= 15 is 0 Å². The quantitative estimate of drug-likeness (QED) is 0.344. The van der Waals surface area contributed by atoms with Crippen molar-refractivity contribution < 1.29 is 9.53 Å². The summed E-state index contributed by atoms with van der Waals surface area (Å²) < 4.78 is 7.06. The molecular formula is C26H22N4O2S. The first-order valence-corrected chi connectivity index (χ1v) is 11.0. The molecule has 1 N–H and O–H groups in total. The summed E-state index contributed by atoms with van der Waals surface area (Å²) in [6, 6.07) is 27.0. The van der Waals surface area contributed by atoms with E-state index in [9.17, 15) is 4.79 Å². The van der Waals surface area contributed by atoms with E-state index < -0.39 is 0 Å². The van der Waals surface area contributed by atoms with Gasteiger partial charge in [0.15, 0.2) is 5.11 Å². The highest BCUT2D eigenvalue weighted by molar-refractivity contribution is 7.80. The predicted molar refractivity (Wildman–Crippen MR) is 131 cm³/mol. The minimum atomic E-state index is -0.383. The van der Waals surface area contributed by atoms with E-state index in [1.807, 2.05) is 83.6 Å². The van der Waals surface area contributed by atoms with Crippen molar-refractivity contribution in [1.29, 1.82) is 0 Å². The Labute approximate surface area is 197 Å². The van der Waals surface area contributed by atoms with Gasteiger partial charge in [-0.25, -0.2) is 4.79 Å². The Balaban J connectivity index is 1.69. The van der Waals surface area contributed by atoms with Crippen molar-refractivity contribution >= 4 is 29.0 Å². The number of hydrogen-bond acceptors (Lipinski definition) is 4. The summed E-state index contributed by atoms with van der Waals surface area (Å²) in [5, 5.41) is 4.10. The van der Waals surface area contributed by atoms with E-state index in [1.165, 1.54) is 7.11 Å². The number of para-hydroxylation sites is 2. The molecule has 1 saturated heterocycles. The van der Waals surface area contributed by atoms with E-state index in [1.54, 1.807) is 12.3 Å². The van der Waals surface area contributed by atoms with Crippen molar-refractivity contribution in [3.8, 4) is 5.69 Å². The summed E-state index contributed by atoms with van der Waals surface area (Å²) in [6.45, 7) is 0. The first-order valence-electron chi connectivity index (χ1n) is 10.6. The van der Waals surface area contributed by atoms with Gasteiger partial charge >= 0.3 is 5.97 Å². The number of hydrogen-bond donors (Lipinski definition) is 1. The number of benzene rings is 2. The molecule has 0 aliphatic carbocycles. The maximum Gasteiger partial charge on any atom is 0.339 e. The topological polar surface area (TPSA) is 59.4 Å². The highest BCUT2D eigenvalue weighted by Gasteiger charge is 2.42. The zero-order valence-electron chi connectivity index (χ0n) is 18.0. The zero-order chi connectivity index (χ0) is 22.8. The third-order valence-corrected chi connectivity index (χ3v) is 6.10. The zero-order valence-corrected chi connectivity index (χ0v) is 18.8. The molecule has 1 fully saturated rings. The average Bonchev–Trinajstić information content (AvgIpc) is 3.48. The van der Waals surface area contributed by atoms with Gasteiger partial charge in [0.25, 0.3) is 0 Å². The maximum atomic E-state index is 12.5. The van der Waals surface area contributed by atoms with Gasteiger partial charge < -0.3 is 19.5 Å². The number of carbonyl (C=O) groups is 1. The number of nitrogens with zero attached hydrogens (tertiary/aromatic N) is 3. The van der Waals surface area contributed by atoms with Crippen molar-refractivity contribution in [2.45, 2.75) is 12.1 Å². The normalized spacial score (nSPS) is 17.6. The fourth-order valence-corrected chi connectivity index (χ4v) is 4.69. The molecule has 0 bridgehead atoms. The van der Waals surface area contributed by atoms with Gasteiger partial charge in [0.05, 0.1) is 30.1 Å². The van der Waals surface area contributed by atoms with Crippen LogP contribution in [0.25, 0.3) is 5.69 Å². The first kappa shape index (κ1) is 20.9. The van der Waals surface area contributed by atoms with Crippen molar-refractivity contribution in [3.63, 3.8) is 0 Å². The van der Waals surface area contributed by atoms with Crippen molar-refractivity contribution in [1.82, 2.24) is 14.9 Å². The van der Waals surface area contributed by atoms with Gasteiger partial charge in [-0.05, 0) is 60.7 Å². The molecule has 164 valence electrons. The number of aromatic nitrogens is 2. The molecule has 2 atom stereocenters. The second-order valence-electron chi connectivity index (χ2n) is 7.64. The van der Waals surface area contributed by atoms with Crippen LogP contribution in [0, 0.1) is 0 Å². The summed E-state index contributed by atoms with van der Waals surface area (Å²) in [5.41, 5.74) is 4.07. The number of thiocarbonyl (C=S) groups is 1. The Morgan fingerprint density at radius 3 is 2.48 bits per heavy atom. The van der Waals surface area contributed by atoms with E-state index in [0.29, 0.717) is 10.7 Å². The summed E-state index contributed by atoms with van der Waals surface area (Å²) in [6.07, 6.45) is 3.74. The van der Waals surface area contributed by atoms with Gasteiger partial charge in [-0.3, -0.25) is 4.98 Å². The van der Waals surface area contributed by atoms with Gasteiger partial charge in [0, 0.05) is 23.8 Å². The number of methoxy groups -OCH3 is 1. The number of anilines is 1. The molecule has 0 saturated carbocycles. The molecule has 7 heteroatoms. The lowest BCUT2D eigenvalue weighted by atomic mass is 10.0. The molecule has 0 amide bonds. The Kier molecular flexibility index (Phi) is 5.62. The second-order valence-corrected chi connectivity index (χ2v) is 8.03. The predicted octanol–water partition coefficient (Wildman–Crippen LogP) is 4.84. The SMILES string of the molecule is COC(=O)c1ccccc1-n1cccc1[C@H]1[C@@H](c2ccccn2)NC(=S)N1c1ccccc1. The van der Waals surface area contributed by atoms with Crippen LogP contribution in [-0.2, 0) is 4.74 Å². The monoisotopic (exact) mass is 454 g/mol. The van der Waals surface area contributed by atoms with Crippen LogP contribution in [0.3, 0.4) is 0 Å². The minimum absolute atomic E-state index is 0.183. The fraction of sp³-hybridized carbons (Fsp3) is 0.115. The van der Waals surface area contributed by atoms with Crippen molar-refractivity contribution in [3.05, 3.63) is 114 Å². The number of esters is 1. The largest absolute Gasteiger partial charge is 0.465 e. The van der Waals surface area contributed by atoms with Gasteiger partial charge in [0.2, 0.25) is 0 Å². The number of ether oxygens (including phenoxy) is 1. The van der Waals surface area contributed by atoms with Crippen LogP contribution in [-0.4, -0.2) is 27.7 Å². The van der Waals surface area contributed by atoms with Crippen LogP contribution >= 0.6 is 12.2 Å². The number of carbonyl (C=O) groups excluding carboxylic acids is 1. The van der Waals surface area contributed by atoms with Crippen molar-refractivity contribution in [2.24, 2.45) is 0 Å². The number of rotatable bonds is 5. The maximum absolute atomic E-state index is 12.5. The first-order chi connectivity index (χ1) is 16.2. The summed E-state index contributed by atoms with van der Waals surface area (Å²) in [7, 11) is 1.39. The van der Waals surface area contributed by atoms with E-state index in [2.05, 4.69) is 21.3 Å². The summed E-state index contributed by atoms with van der Waals surface area (Å²) in [4.78, 5) is 19.2. The summed E-state index contributed by atoms with van der Waals surface area (Å²) >= 11 is 5.80. The molecule has 2 aromatic carbocycles. The lowest BCUT2D eigenvalue weighted by Gasteiger charge is -2.29. The Morgan fingerprint density at radius 2 is 1.73 bits per heavy atom. The lowest BCUT2D eigenvalue weighted by molar-refractivity contribution is 0.0600. The molecule has 4 aromatic rings. The molecule has 5 rings (SSSR count). The van der Waals surface area contributed by atoms with Crippen LogP contribution in [0.1, 0.15) is 33.8 Å². The molecule has 0 radical (unpaired) electrons. The molecule has 0 unspecified atom stereocenters. The van der Waals surface area contributed by atoms with Crippen molar-refractivity contribution in [2.75, 3.05) is 12.0 Å². The van der Waals surface area contributed by atoms with Gasteiger partial charge in [-0.15, -0.1) is 0 Å². The van der Waals surface area contributed by atoms with Gasteiger partial charge in [-0.2, -0.15) is 0 Å². The molecule has 33 heavy (non-hydrogen) atoms. The van der Waals surface area contributed by atoms with Crippen LogP contribution in [0.5, 0.6) is 0 Å². The highest BCUT2D eigenvalue weighted by Crippen LogP contribution is 2.42. The molecule has 3 heterocycles. The Bertz CT molecular complexity index is 1290. The molecular weight excluding hydrogens is 432 g/mol. The third kappa shape index (κ3) is 3.76. The Morgan fingerprint density at radius 1 is 0.970 bits per heavy atom. The Hall–Kier alpha value is -3.97. The van der Waals surface area contributed by atoms with Gasteiger partial charge in [-0.1, -0.05) is 36.4 Å². The molecule has 2 aromatic heterocycles. The van der Waals surface area contributed by atoms with Gasteiger partial charge in [0.1, 0.15) is 6.04 Å². The lowest BCUT2D eigenvalue weighted by Crippen LogP contribution is -2.30. The summed E-state index contributed by atoms with van der Waals surface area (Å²) in [5.74, 6) is -0.383. The van der Waals surface area contributed by atoms with Crippen LogP contribution < -0.4 is 10.2 Å². The second kappa shape index (κ2) is 8.88. The molecule has 6 nitrogen and oxygen atoms in total. The standard InChI is InChI=1S/C26H22N4O2S/c1-32-25(31)19-12-5-6-14-21(19)29-17-9-15-22(29)24-23(20-13-7-8-16-27-20)28-26(33)30(24)18-10-3-2-4-11-18/h2-17,23-24H,1H3,(H,28,33)/t23-,24+/m1/s1. The number of nitrogens with one attached hydrogen (secondary N) is 1. The molecule has 1 aliphatic rings. The van der Waals surface area contributed by atoms with E-state index in [-0.39, 0.29) is 18.1 Å². The third-order valence-electron chi connectivity index (χ3n) is 5.78. The average molecular weight is 455 g/mol. The van der Waals surface area contributed by atoms with E-state index in [0.717, 1.165) is 22.8 Å². The number of pyridine rings is 1.